The van der Waals surface area contributed by atoms with Crippen molar-refractivity contribution in [3.63, 3.8) is 0 Å². The van der Waals surface area contributed by atoms with Crippen LogP contribution in [0.1, 0.15) is 342 Å². The molecular formula is C67H122O6. The molecule has 0 rings (SSSR count). The molecule has 0 spiro atoms. The van der Waals surface area contributed by atoms with Gasteiger partial charge in [-0.25, -0.2) is 0 Å². The van der Waals surface area contributed by atoms with Gasteiger partial charge in [-0.15, -0.1) is 0 Å². The van der Waals surface area contributed by atoms with Crippen molar-refractivity contribution >= 4 is 17.9 Å². The maximum atomic E-state index is 12.8. The molecule has 0 radical (unpaired) electrons. The van der Waals surface area contributed by atoms with Gasteiger partial charge in [-0.2, -0.15) is 0 Å². The fourth-order valence-electron chi connectivity index (χ4n) is 9.56. The van der Waals surface area contributed by atoms with Gasteiger partial charge in [0.2, 0.25) is 0 Å². The molecule has 0 amide bonds. The molecule has 0 fully saturated rings. The van der Waals surface area contributed by atoms with E-state index < -0.39 is 6.10 Å². The standard InChI is InChI=1S/C67H122O6/c1-4-7-10-13-16-18-20-22-24-26-28-29-30-31-32-33-34-35-36-37-39-40-42-44-46-48-51-54-57-60-66(69)72-63-64(62-71-65(68)59-56-53-50-15-12-9-6-3)73-67(70)61-58-55-52-49-47-45-43-41-38-27-25-23-21-19-17-14-11-8-5-2/h8,11,17,19,23,25,38,41,64H,4-7,9-10,12-16,18,20-22,24,26-37,39-40,42-63H2,1-3H3/b11-8-,19-17-,25-23-,41-38-. The molecule has 1 unspecified atom stereocenters. The van der Waals surface area contributed by atoms with Crippen molar-refractivity contribution in [2.24, 2.45) is 0 Å². The third-order valence-corrected chi connectivity index (χ3v) is 14.3. The minimum absolute atomic E-state index is 0.0753. The van der Waals surface area contributed by atoms with E-state index in [9.17, 15) is 14.4 Å². The van der Waals surface area contributed by atoms with Crippen LogP contribution in [-0.2, 0) is 28.6 Å². The van der Waals surface area contributed by atoms with Crippen molar-refractivity contribution in [1.29, 1.82) is 0 Å². The largest absolute Gasteiger partial charge is 0.462 e. The highest BCUT2D eigenvalue weighted by Gasteiger charge is 2.19. The summed E-state index contributed by atoms with van der Waals surface area (Å²) < 4.78 is 16.8. The van der Waals surface area contributed by atoms with E-state index in [2.05, 4.69) is 69.4 Å². The number of ether oxygens (including phenoxy) is 3. The number of unbranched alkanes of at least 4 members (excludes halogenated alkanes) is 40. The monoisotopic (exact) mass is 1020 g/mol. The second-order valence-electron chi connectivity index (χ2n) is 21.7. The zero-order valence-corrected chi connectivity index (χ0v) is 48.9. The van der Waals surface area contributed by atoms with Crippen LogP contribution in [0.15, 0.2) is 48.6 Å². The molecule has 0 aliphatic carbocycles. The molecule has 0 saturated carbocycles. The van der Waals surface area contributed by atoms with Gasteiger partial charge in [0.05, 0.1) is 0 Å². The summed E-state index contributed by atoms with van der Waals surface area (Å²) in [5, 5.41) is 0. The molecule has 0 aromatic rings. The maximum absolute atomic E-state index is 12.8. The van der Waals surface area contributed by atoms with E-state index >= 15 is 0 Å². The van der Waals surface area contributed by atoms with Crippen LogP contribution in [0, 0.1) is 0 Å². The average molecular weight is 1020 g/mol. The van der Waals surface area contributed by atoms with Crippen LogP contribution in [0.4, 0.5) is 0 Å². The van der Waals surface area contributed by atoms with Crippen LogP contribution < -0.4 is 0 Å². The van der Waals surface area contributed by atoms with Crippen LogP contribution in [-0.4, -0.2) is 37.2 Å². The number of rotatable bonds is 59. The fourth-order valence-corrected chi connectivity index (χ4v) is 9.56. The zero-order chi connectivity index (χ0) is 52.9. The Bertz CT molecular complexity index is 1270. The smallest absolute Gasteiger partial charge is 0.306 e. The molecule has 73 heavy (non-hydrogen) atoms. The van der Waals surface area contributed by atoms with Crippen molar-refractivity contribution < 1.29 is 28.6 Å². The number of carbonyl (C=O) groups is 3. The summed E-state index contributed by atoms with van der Waals surface area (Å²) in [6.45, 7) is 6.52. The maximum Gasteiger partial charge on any atom is 0.306 e. The van der Waals surface area contributed by atoms with Gasteiger partial charge >= 0.3 is 17.9 Å². The minimum Gasteiger partial charge on any atom is -0.462 e. The quantitative estimate of drug-likeness (QED) is 0.0261. The van der Waals surface area contributed by atoms with Gasteiger partial charge in [0, 0.05) is 19.3 Å². The highest BCUT2D eigenvalue weighted by atomic mass is 16.6. The van der Waals surface area contributed by atoms with Gasteiger partial charge in [0.1, 0.15) is 13.2 Å². The lowest BCUT2D eigenvalue weighted by Crippen LogP contribution is -2.30. The molecule has 0 aliphatic rings. The lowest BCUT2D eigenvalue weighted by atomic mass is 10.0. The van der Waals surface area contributed by atoms with Crippen LogP contribution in [0.5, 0.6) is 0 Å². The van der Waals surface area contributed by atoms with E-state index in [1.54, 1.807) is 0 Å². The molecular weight excluding hydrogens is 901 g/mol. The number of allylic oxidation sites excluding steroid dienone is 8. The first-order valence-corrected chi connectivity index (χ1v) is 32.1. The Kier molecular flexibility index (Phi) is 59.7. The van der Waals surface area contributed by atoms with E-state index in [4.69, 9.17) is 14.2 Å². The molecule has 426 valence electrons. The fraction of sp³-hybridized carbons (Fsp3) is 0.836. The van der Waals surface area contributed by atoms with Crippen LogP contribution >= 0.6 is 0 Å². The highest BCUT2D eigenvalue weighted by Crippen LogP contribution is 2.18. The SMILES string of the molecule is CC/C=C\C/C=C\C/C=C\C/C=C\CCCCCCCCC(=O)OC(COC(=O)CCCCCCCCC)COC(=O)CCCCCCCCCCCCCCCCCCCCCCCCCCCCCCC. The Balaban J connectivity index is 4.05. The predicted molar refractivity (Wildman–Crippen MR) is 316 cm³/mol. The molecule has 0 aliphatic heterocycles. The van der Waals surface area contributed by atoms with E-state index in [1.807, 2.05) is 0 Å². The van der Waals surface area contributed by atoms with Crippen molar-refractivity contribution in [3.05, 3.63) is 48.6 Å². The second kappa shape index (κ2) is 61.9. The van der Waals surface area contributed by atoms with E-state index in [0.717, 1.165) is 96.3 Å². The van der Waals surface area contributed by atoms with Crippen LogP contribution in [0.3, 0.4) is 0 Å². The van der Waals surface area contributed by atoms with Crippen molar-refractivity contribution in [2.75, 3.05) is 13.2 Å². The van der Waals surface area contributed by atoms with E-state index in [-0.39, 0.29) is 31.1 Å². The van der Waals surface area contributed by atoms with Crippen LogP contribution in [0.25, 0.3) is 0 Å². The molecule has 0 aromatic heterocycles. The van der Waals surface area contributed by atoms with E-state index in [0.29, 0.717) is 19.3 Å². The molecule has 1 atom stereocenters. The summed E-state index contributed by atoms with van der Waals surface area (Å²) in [7, 11) is 0. The Morgan fingerprint density at radius 3 is 0.836 bits per heavy atom. The van der Waals surface area contributed by atoms with Crippen molar-refractivity contribution in [3.8, 4) is 0 Å². The lowest BCUT2D eigenvalue weighted by molar-refractivity contribution is -0.167. The first kappa shape index (κ1) is 70.4. The Morgan fingerprint density at radius 1 is 0.288 bits per heavy atom. The molecule has 6 heteroatoms. The summed E-state index contributed by atoms with van der Waals surface area (Å²) in [5.74, 6) is -0.879. The summed E-state index contributed by atoms with van der Waals surface area (Å²) in [6, 6.07) is 0. The molecule has 0 aromatic carbocycles. The van der Waals surface area contributed by atoms with Gasteiger partial charge in [0.15, 0.2) is 6.10 Å². The second-order valence-corrected chi connectivity index (χ2v) is 21.7. The zero-order valence-electron chi connectivity index (χ0n) is 48.9. The van der Waals surface area contributed by atoms with Gasteiger partial charge < -0.3 is 14.2 Å². The van der Waals surface area contributed by atoms with Gasteiger partial charge in [-0.1, -0.05) is 313 Å². The van der Waals surface area contributed by atoms with E-state index in [1.165, 1.54) is 205 Å². The molecule has 0 bridgehead atoms. The predicted octanol–water partition coefficient (Wildman–Crippen LogP) is 21.8. The van der Waals surface area contributed by atoms with Gasteiger partial charge in [-0.3, -0.25) is 14.4 Å². The van der Waals surface area contributed by atoms with Crippen LogP contribution in [0.2, 0.25) is 0 Å². The third-order valence-electron chi connectivity index (χ3n) is 14.3. The Labute approximate surface area is 454 Å². The van der Waals surface area contributed by atoms with Gasteiger partial charge in [0.25, 0.3) is 0 Å². The average Bonchev–Trinajstić information content (AvgIpc) is 3.39. The third kappa shape index (κ3) is 60.1. The van der Waals surface area contributed by atoms with Gasteiger partial charge in [-0.05, 0) is 57.8 Å². The lowest BCUT2D eigenvalue weighted by Gasteiger charge is -2.18. The first-order chi connectivity index (χ1) is 36.0. The molecule has 0 saturated heterocycles. The summed E-state index contributed by atoms with van der Waals surface area (Å²) in [4.78, 5) is 38.0. The molecule has 0 heterocycles. The summed E-state index contributed by atoms with van der Waals surface area (Å²) >= 11 is 0. The van der Waals surface area contributed by atoms with Crippen molar-refractivity contribution in [2.45, 2.75) is 348 Å². The number of carbonyl (C=O) groups excluding carboxylic acids is 3. The number of hydrogen-bond donors (Lipinski definition) is 0. The van der Waals surface area contributed by atoms with Crippen molar-refractivity contribution in [1.82, 2.24) is 0 Å². The Hall–Kier alpha value is -2.63. The molecule has 6 nitrogen and oxygen atoms in total. The number of esters is 3. The molecule has 0 N–H and O–H groups in total. The number of hydrogen-bond acceptors (Lipinski definition) is 6. The highest BCUT2D eigenvalue weighted by molar-refractivity contribution is 5.71. The topological polar surface area (TPSA) is 78.9 Å². The first-order valence-electron chi connectivity index (χ1n) is 32.1. The minimum atomic E-state index is -0.777. The summed E-state index contributed by atoms with van der Waals surface area (Å²) in [5.41, 5.74) is 0. The Morgan fingerprint density at radius 2 is 0.534 bits per heavy atom. The normalized spacial score (nSPS) is 12.3. The summed E-state index contributed by atoms with van der Waals surface area (Å²) in [6.07, 6.45) is 77.3.